The van der Waals surface area contributed by atoms with Gasteiger partial charge in [0.2, 0.25) is 5.71 Å². The molecule has 0 bridgehead atoms. The highest BCUT2D eigenvalue weighted by atomic mass is 19.4. The molecule has 1 heterocycles. The third-order valence-corrected chi connectivity index (χ3v) is 3.27. The summed E-state index contributed by atoms with van der Waals surface area (Å²) in [5, 5.41) is 20.8. The van der Waals surface area contributed by atoms with E-state index in [1.54, 1.807) is 12.1 Å². The van der Waals surface area contributed by atoms with Gasteiger partial charge in [0.25, 0.3) is 0 Å². The highest BCUT2D eigenvalue weighted by Crippen LogP contribution is 2.36. The van der Waals surface area contributed by atoms with Gasteiger partial charge in [-0.05, 0) is 31.0 Å². The predicted octanol–water partition coefficient (Wildman–Crippen LogP) is 3.12. The Balaban J connectivity index is 2.39. The molecule has 0 saturated carbocycles. The minimum Gasteiger partial charge on any atom is -0.370 e. The molecule has 1 N–H and O–H groups in total. The zero-order valence-electron chi connectivity index (χ0n) is 11.5. The van der Waals surface area contributed by atoms with E-state index >= 15 is 0 Å². The second-order valence-corrected chi connectivity index (χ2v) is 4.72. The van der Waals surface area contributed by atoms with E-state index in [0.717, 1.165) is 38.1 Å². The van der Waals surface area contributed by atoms with Crippen LogP contribution >= 0.6 is 0 Å². The number of rotatable bonds is 3. The Hall–Kier alpha value is -2.74. The monoisotopic (exact) mass is 307 g/mol. The number of hydrogen-bond acceptors (Lipinski definition) is 5. The predicted molar refractivity (Wildman–Crippen MR) is 75.2 cm³/mol. The Kier molecular flexibility index (Phi) is 4.52. The number of hydrazone groups is 1. The zero-order chi connectivity index (χ0) is 16.2. The van der Waals surface area contributed by atoms with Crippen molar-refractivity contribution in [3.8, 4) is 12.1 Å². The van der Waals surface area contributed by atoms with Gasteiger partial charge in [0.15, 0.2) is 0 Å². The van der Waals surface area contributed by atoms with Crippen LogP contribution in [0.1, 0.15) is 18.4 Å². The molecular formula is C14H12F3N5. The van der Waals surface area contributed by atoms with Crippen molar-refractivity contribution < 1.29 is 13.2 Å². The first-order valence-corrected chi connectivity index (χ1v) is 6.56. The third kappa shape index (κ3) is 3.47. The number of benzene rings is 1. The maximum absolute atomic E-state index is 12.8. The maximum Gasteiger partial charge on any atom is 0.416 e. The van der Waals surface area contributed by atoms with Crippen LogP contribution in [0.2, 0.25) is 0 Å². The molecule has 1 saturated heterocycles. The molecule has 0 aliphatic carbocycles. The molecule has 1 aromatic carbocycles. The van der Waals surface area contributed by atoms with Crippen molar-refractivity contribution in [2.45, 2.75) is 19.0 Å². The fourth-order valence-corrected chi connectivity index (χ4v) is 2.23. The number of halogens is 3. The van der Waals surface area contributed by atoms with Gasteiger partial charge in [-0.25, -0.2) is 0 Å². The van der Waals surface area contributed by atoms with Crippen LogP contribution < -0.4 is 10.3 Å². The molecule has 0 radical (unpaired) electrons. The third-order valence-electron chi connectivity index (χ3n) is 3.27. The SMILES string of the molecule is N#CC(C#N)=NNc1cc(C(F)(F)F)ccc1N1CCCC1. The van der Waals surface area contributed by atoms with E-state index in [4.69, 9.17) is 10.5 Å². The van der Waals surface area contributed by atoms with Gasteiger partial charge < -0.3 is 4.90 Å². The van der Waals surface area contributed by atoms with E-state index in [1.807, 2.05) is 4.90 Å². The molecule has 5 nitrogen and oxygen atoms in total. The molecule has 0 atom stereocenters. The number of nitriles is 2. The second-order valence-electron chi connectivity index (χ2n) is 4.72. The van der Waals surface area contributed by atoms with Crippen LogP contribution in [-0.4, -0.2) is 18.8 Å². The molecule has 0 unspecified atom stereocenters. The highest BCUT2D eigenvalue weighted by Gasteiger charge is 2.31. The molecule has 0 spiro atoms. The molecule has 1 aromatic rings. The molecule has 0 aromatic heterocycles. The number of hydrogen-bond donors (Lipinski definition) is 1. The summed E-state index contributed by atoms with van der Waals surface area (Å²) in [5.41, 5.74) is 1.83. The van der Waals surface area contributed by atoms with Crippen molar-refractivity contribution in [1.29, 1.82) is 10.5 Å². The van der Waals surface area contributed by atoms with Gasteiger partial charge in [-0.3, -0.25) is 5.43 Å². The quantitative estimate of drug-likeness (QED) is 0.687. The highest BCUT2D eigenvalue weighted by molar-refractivity contribution is 6.10. The first kappa shape index (κ1) is 15.6. The van der Waals surface area contributed by atoms with E-state index in [2.05, 4.69) is 10.5 Å². The first-order valence-electron chi connectivity index (χ1n) is 6.56. The summed E-state index contributed by atoms with van der Waals surface area (Å²) >= 11 is 0. The fourth-order valence-electron chi connectivity index (χ4n) is 2.23. The van der Waals surface area contributed by atoms with Gasteiger partial charge in [0.1, 0.15) is 12.1 Å². The molecule has 114 valence electrons. The minimum absolute atomic E-state index is 0.125. The lowest BCUT2D eigenvalue weighted by atomic mass is 10.1. The van der Waals surface area contributed by atoms with Gasteiger partial charge in [-0.1, -0.05) is 0 Å². The van der Waals surface area contributed by atoms with E-state index in [9.17, 15) is 13.2 Å². The van der Waals surface area contributed by atoms with E-state index in [-0.39, 0.29) is 5.69 Å². The Morgan fingerprint density at radius 1 is 1.18 bits per heavy atom. The molecule has 1 aliphatic rings. The fraction of sp³-hybridized carbons (Fsp3) is 0.357. The number of anilines is 2. The van der Waals surface area contributed by atoms with Gasteiger partial charge in [-0.15, -0.1) is 0 Å². The number of nitrogens with one attached hydrogen (secondary N) is 1. The van der Waals surface area contributed by atoms with Crippen molar-refractivity contribution in [3.05, 3.63) is 23.8 Å². The Morgan fingerprint density at radius 3 is 2.36 bits per heavy atom. The smallest absolute Gasteiger partial charge is 0.370 e. The number of nitrogens with zero attached hydrogens (tertiary/aromatic N) is 4. The van der Waals surface area contributed by atoms with Crippen LogP contribution in [0.5, 0.6) is 0 Å². The van der Waals surface area contributed by atoms with E-state index in [0.29, 0.717) is 5.69 Å². The van der Waals surface area contributed by atoms with Crippen molar-refractivity contribution in [2.75, 3.05) is 23.4 Å². The standard InChI is InChI=1S/C14H12F3N5/c15-14(16,17)10-3-4-13(22-5-1-2-6-22)12(7-10)21-20-11(8-18)9-19/h3-4,7,21H,1-2,5-6H2. The van der Waals surface area contributed by atoms with Gasteiger partial charge in [0, 0.05) is 13.1 Å². The van der Waals surface area contributed by atoms with Crippen LogP contribution in [0.4, 0.5) is 24.5 Å². The molecule has 22 heavy (non-hydrogen) atoms. The average molecular weight is 307 g/mol. The summed E-state index contributed by atoms with van der Waals surface area (Å²) in [6.45, 7) is 1.49. The Bertz CT molecular complexity index is 645. The van der Waals surface area contributed by atoms with Crippen LogP contribution in [-0.2, 0) is 6.18 Å². The molecule has 1 aliphatic heterocycles. The zero-order valence-corrected chi connectivity index (χ0v) is 11.5. The summed E-state index contributed by atoms with van der Waals surface area (Å²) in [7, 11) is 0. The van der Waals surface area contributed by atoms with Crippen LogP contribution in [0.3, 0.4) is 0 Å². The van der Waals surface area contributed by atoms with Crippen molar-refractivity contribution in [2.24, 2.45) is 5.10 Å². The van der Waals surface area contributed by atoms with Crippen molar-refractivity contribution >= 4 is 17.1 Å². The lowest BCUT2D eigenvalue weighted by molar-refractivity contribution is -0.137. The van der Waals surface area contributed by atoms with E-state index < -0.39 is 17.5 Å². The van der Waals surface area contributed by atoms with Gasteiger partial charge in [0.05, 0.1) is 16.9 Å². The largest absolute Gasteiger partial charge is 0.416 e. The maximum atomic E-state index is 12.8. The van der Waals surface area contributed by atoms with E-state index in [1.165, 1.54) is 6.07 Å². The molecule has 0 amide bonds. The summed E-state index contributed by atoms with van der Waals surface area (Å²) < 4.78 is 38.5. The van der Waals surface area contributed by atoms with Gasteiger partial charge >= 0.3 is 6.18 Å². The Labute approximate surface area is 125 Å². The summed E-state index contributed by atoms with van der Waals surface area (Å²) in [4.78, 5) is 1.94. The van der Waals surface area contributed by atoms with Crippen molar-refractivity contribution in [3.63, 3.8) is 0 Å². The average Bonchev–Trinajstić information content (AvgIpc) is 3.01. The summed E-state index contributed by atoms with van der Waals surface area (Å²) in [6.07, 6.45) is -2.55. The lowest BCUT2D eigenvalue weighted by Crippen LogP contribution is -2.19. The Morgan fingerprint density at radius 2 is 1.82 bits per heavy atom. The minimum atomic E-state index is -4.48. The van der Waals surface area contributed by atoms with Crippen molar-refractivity contribution in [1.82, 2.24) is 0 Å². The lowest BCUT2D eigenvalue weighted by Gasteiger charge is -2.22. The summed E-state index contributed by atoms with van der Waals surface area (Å²) in [5.74, 6) is 0. The number of alkyl halides is 3. The van der Waals surface area contributed by atoms with Gasteiger partial charge in [-0.2, -0.15) is 28.8 Å². The molecule has 8 heteroatoms. The van der Waals surface area contributed by atoms with Crippen LogP contribution in [0.25, 0.3) is 0 Å². The molecule has 1 fully saturated rings. The van der Waals surface area contributed by atoms with Crippen LogP contribution in [0, 0.1) is 22.7 Å². The first-order chi connectivity index (χ1) is 10.5. The van der Waals surface area contributed by atoms with Crippen LogP contribution in [0.15, 0.2) is 23.3 Å². The topological polar surface area (TPSA) is 75.2 Å². The molecule has 2 rings (SSSR count). The second kappa shape index (κ2) is 6.35. The summed E-state index contributed by atoms with van der Waals surface area (Å²) in [6, 6.07) is 6.42. The molecular weight excluding hydrogens is 295 g/mol. The normalized spacial score (nSPS) is 14.1.